The van der Waals surface area contributed by atoms with Crippen LogP contribution in [0.25, 0.3) is 0 Å². The van der Waals surface area contributed by atoms with E-state index in [2.05, 4.69) is 20.7 Å². The van der Waals surface area contributed by atoms with Crippen LogP contribution in [0.3, 0.4) is 0 Å². The number of carbonyl (C=O) groups excluding carboxylic acids is 3. The van der Waals surface area contributed by atoms with Crippen molar-refractivity contribution in [3.63, 3.8) is 0 Å². The molecule has 42 heavy (non-hydrogen) atoms. The molecule has 2 aromatic rings. The number of ketones is 1. The Morgan fingerprint density at radius 3 is 2.21 bits per heavy atom. The van der Waals surface area contributed by atoms with E-state index in [1.165, 1.54) is 6.92 Å². The van der Waals surface area contributed by atoms with E-state index in [1.54, 1.807) is 0 Å². The van der Waals surface area contributed by atoms with Crippen molar-refractivity contribution in [2.45, 2.75) is 45.1 Å². The topological polar surface area (TPSA) is 143 Å². The van der Waals surface area contributed by atoms with Crippen LogP contribution in [-0.2, 0) is 19.2 Å². The third-order valence-corrected chi connectivity index (χ3v) is 5.67. The number of alkyl halides is 3. The molecule has 0 spiro atoms. The van der Waals surface area contributed by atoms with E-state index >= 15 is 0 Å². The van der Waals surface area contributed by atoms with Crippen LogP contribution in [0, 0.1) is 24.4 Å². The summed E-state index contributed by atoms with van der Waals surface area (Å²) in [4.78, 5) is 48.2. The first-order valence-corrected chi connectivity index (χ1v) is 12.2. The van der Waals surface area contributed by atoms with E-state index in [9.17, 15) is 45.5 Å². The number of anilines is 1. The van der Waals surface area contributed by atoms with Gasteiger partial charge in [-0.15, -0.1) is 13.2 Å². The summed E-state index contributed by atoms with van der Waals surface area (Å²) in [6, 6.07) is 1.59. The maximum Gasteiger partial charge on any atom is 0.573 e. The van der Waals surface area contributed by atoms with Crippen molar-refractivity contribution in [2.75, 3.05) is 11.9 Å². The maximum atomic E-state index is 14.0. The minimum atomic E-state index is -4.91. The highest BCUT2D eigenvalue weighted by atomic mass is 32.1. The molecule has 0 aliphatic heterocycles. The third-order valence-electron chi connectivity index (χ3n) is 5.36. The lowest BCUT2D eigenvalue weighted by molar-refractivity contribution is -0.274. The molecule has 0 aliphatic rings. The molecule has 0 saturated heterocycles. The highest BCUT2D eigenvalue weighted by Gasteiger charge is 2.31. The Bertz CT molecular complexity index is 1330. The van der Waals surface area contributed by atoms with E-state index in [1.807, 2.05) is 0 Å². The average molecular weight is 624 g/mol. The molecule has 10 nitrogen and oxygen atoms in total. The molecule has 0 radical (unpaired) electrons. The number of ether oxygens (including phenoxy) is 2. The Hall–Kier alpha value is -4.41. The second-order valence-corrected chi connectivity index (χ2v) is 8.99. The van der Waals surface area contributed by atoms with E-state index in [4.69, 9.17) is 22.1 Å². The molecule has 2 aromatic carbocycles. The SMILES string of the molecule is Cc1c(F)cc(F)c(F)c1OCC(=O)[C@H](CCC(=O)O)NC(=O)[C@H](C)NC(=S)C(=O)Nc1ccc(OC(F)(F)F)cc1. The number of carbonyl (C=O) groups is 4. The summed E-state index contributed by atoms with van der Waals surface area (Å²) in [6.45, 7) is 1.33. The van der Waals surface area contributed by atoms with Crippen LogP contribution in [0.2, 0.25) is 0 Å². The normalized spacial score (nSPS) is 12.5. The predicted molar refractivity (Wildman–Crippen MR) is 137 cm³/mol. The Morgan fingerprint density at radius 2 is 1.64 bits per heavy atom. The number of carboxylic acid groups (broad SMARTS) is 1. The fourth-order valence-electron chi connectivity index (χ4n) is 3.21. The molecule has 4 N–H and O–H groups in total. The molecule has 228 valence electrons. The number of benzene rings is 2. The largest absolute Gasteiger partial charge is 0.573 e. The molecule has 0 fully saturated rings. The van der Waals surface area contributed by atoms with E-state index < -0.39 is 101 Å². The lowest BCUT2D eigenvalue weighted by Gasteiger charge is -2.21. The lowest BCUT2D eigenvalue weighted by Crippen LogP contribution is -2.52. The highest BCUT2D eigenvalue weighted by Crippen LogP contribution is 2.27. The van der Waals surface area contributed by atoms with Gasteiger partial charge in [0.1, 0.15) is 24.2 Å². The van der Waals surface area contributed by atoms with Crippen molar-refractivity contribution in [3.8, 4) is 11.5 Å². The number of hydrogen-bond acceptors (Lipinski definition) is 7. The lowest BCUT2D eigenvalue weighted by atomic mass is 10.1. The second-order valence-electron chi connectivity index (χ2n) is 8.58. The van der Waals surface area contributed by atoms with Crippen molar-refractivity contribution < 1.29 is 60.1 Å². The van der Waals surface area contributed by atoms with Gasteiger partial charge in [-0.2, -0.15) is 4.39 Å². The molecule has 2 rings (SSSR count). The standard InChI is InChI=1S/C25H23F6N3O7S/c1-11-15(26)9-16(27)20(28)21(11)40-10-18(35)17(7-8-19(36)37)34-22(38)12(2)32-24(42)23(39)33-13-3-5-14(6-4-13)41-25(29,30)31/h3-6,9,12,17H,7-8,10H2,1-2H3,(H,32,42)(H,33,39)(H,34,38)(H,36,37)/t12-,17-/m0/s1. The van der Waals surface area contributed by atoms with E-state index in [0.29, 0.717) is 0 Å². The summed E-state index contributed by atoms with van der Waals surface area (Å²) in [6.07, 6.45) is -5.93. The molecule has 0 aliphatic carbocycles. The predicted octanol–water partition coefficient (Wildman–Crippen LogP) is 3.55. The van der Waals surface area contributed by atoms with Crippen LogP contribution in [-0.4, -0.2) is 58.7 Å². The molecular weight excluding hydrogens is 600 g/mol. The first kappa shape index (κ1) is 33.8. The van der Waals surface area contributed by atoms with Gasteiger partial charge in [-0.25, -0.2) is 8.78 Å². The summed E-state index contributed by atoms with van der Waals surface area (Å²) in [5.41, 5.74) is -0.386. The molecule has 0 saturated carbocycles. The first-order valence-electron chi connectivity index (χ1n) is 11.8. The zero-order chi connectivity index (χ0) is 31.8. The summed E-state index contributed by atoms with van der Waals surface area (Å²) in [7, 11) is 0. The Labute approximate surface area is 239 Å². The average Bonchev–Trinajstić information content (AvgIpc) is 2.89. The molecule has 0 heterocycles. The number of Topliss-reactive ketones (excluding diaryl/α,β-unsaturated/α-hetero) is 1. The van der Waals surface area contributed by atoms with Gasteiger partial charge in [-0.1, -0.05) is 12.2 Å². The number of hydrogen-bond donors (Lipinski definition) is 4. The second kappa shape index (κ2) is 14.5. The maximum absolute atomic E-state index is 14.0. The van der Waals surface area contributed by atoms with Gasteiger partial charge in [0, 0.05) is 23.7 Å². The van der Waals surface area contributed by atoms with Crippen LogP contribution in [0.15, 0.2) is 30.3 Å². The monoisotopic (exact) mass is 623 g/mol. The number of halogens is 6. The fourth-order valence-corrected chi connectivity index (χ4v) is 3.44. The summed E-state index contributed by atoms with van der Waals surface area (Å²) < 4.78 is 86.8. The van der Waals surface area contributed by atoms with Crippen molar-refractivity contribution in [2.24, 2.45) is 0 Å². The quantitative estimate of drug-likeness (QED) is 0.159. The van der Waals surface area contributed by atoms with E-state index in [-0.39, 0.29) is 11.8 Å². The number of rotatable bonds is 12. The van der Waals surface area contributed by atoms with Crippen molar-refractivity contribution >= 4 is 46.5 Å². The first-order chi connectivity index (χ1) is 19.5. The van der Waals surface area contributed by atoms with Gasteiger partial charge >= 0.3 is 12.3 Å². The summed E-state index contributed by atoms with van der Waals surface area (Å²) >= 11 is 4.92. The number of nitrogens with one attached hydrogen (secondary N) is 3. The van der Waals surface area contributed by atoms with Crippen LogP contribution in [0.1, 0.15) is 25.3 Å². The third kappa shape index (κ3) is 10.2. The molecule has 2 amide bonds. The molecule has 2 atom stereocenters. The summed E-state index contributed by atoms with van der Waals surface area (Å²) in [5.74, 6) is -9.82. The molecule has 17 heteroatoms. The zero-order valence-corrected chi connectivity index (χ0v) is 22.6. The van der Waals surface area contributed by atoms with Gasteiger partial charge < -0.3 is 30.5 Å². The Morgan fingerprint density at radius 1 is 1.02 bits per heavy atom. The van der Waals surface area contributed by atoms with E-state index in [0.717, 1.165) is 31.2 Å². The van der Waals surface area contributed by atoms with Crippen LogP contribution in [0.4, 0.5) is 32.0 Å². The molecular formula is C25H23F6N3O7S. The van der Waals surface area contributed by atoms with Crippen LogP contribution in [0.5, 0.6) is 11.5 Å². The van der Waals surface area contributed by atoms with Gasteiger partial charge in [0.25, 0.3) is 5.91 Å². The van der Waals surface area contributed by atoms with Crippen molar-refractivity contribution in [1.82, 2.24) is 10.6 Å². The smallest absolute Gasteiger partial charge is 0.482 e. The van der Waals surface area contributed by atoms with Gasteiger partial charge in [0.2, 0.25) is 11.7 Å². The Balaban J connectivity index is 2.00. The fraction of sp³-hybridized carbons (Fsp3) is 0.320. The van der Waals surface area contributed by atoms with Crippen LogP contribution < -0.4 is 25.4 Å². The van der Waals surface area contributed by atoms with Gasteiger partial charge in [-0.3, -0.25) is 19.2 Å². The highest BCUT2D eigenvalue weighted by molar-refractivity contribution is 7.82. The number of amides is 2. The molecule has 0 bridgehead atoms. The molecule has 0 aromatic heterocycles. The van der Waals surface area contributed by atoms with Crippen molar-refractivity contribution in [1.29, 1.82) is 0 Å². The van der Waals surface area contributed by atoms with Gasteiger partial charge in [0.05, 0.1) is 6.04 Å². The van der Waals surface area contributed by atoms with Crippen molar-refractivity contribution in [3.05, 3.63) is 53.3 Å². The van der Waals surface area contributed by atoms with Gasteiger partial charge in [-0.05, 0) is 44.5 Å². The van der Waals surface area contributed by atoms with Crippen LogP contribution >= 0.6 is 12.2 Å². The number of carboxylic acids is 1. The molecule has 0 unspecified atom stereocenters. The van der Waals surface area contributed by atoms with Gasteiger partial charge in [0.15, 0.2) is 22.3 Å². The summed E-state index contributed by atoms with van der Waals surface area (Å²) in [5, 5.41) is 15.9. The Kier molecular flexibility index (Phi) is 11.6. The minimum Gasteiger partial charge on any atom is -0.482 e. The number of thiocarbonyl (C=S) groups is 1. The minimum absolute atomic E-state index is 0.0416. The zero-order valence-electron chi connectivity index (χ0n) is 21.7. The number of aliphatic carboxylic acids is 1.